The highest BCUT2D eigenvalue weighted by Crippen LogP contribution is 2.24. The van der Waals surface area contributed by atoms with Crippen molar-refractivity contribution >= 4 is 42.4 Å². The number of rotatable bonds is 4. The van der Waals surface area contributed by atoms with Gasteiger partial charge in [-0.2, -0.15) is 0 Å². The molecule has 0 aliphatic carbocycles. The number of piperazine rings is 1. The van der Waals surface area contributed by atoms with Crippen LogP contribution >= 0.6 is 36.4 Å². The number of anilines is 1. The first-order chi connectivity index (χ1) is 13.7. The van der Waals surface area contributed by atoms with Crippen molar-refractivity contribution in [2.45, 2.75) is 19.5 Å². The molecule has 3 aromatic rings. The van der Waals surface area contributed by atoms with Gasteiger partial charge in [0.25, 0.3) is 5.56 Å². The van der Waals surface area contributed by atoms with Gasteiger partial charge < -0.3 is 10.2 Å². The van der Waals surface area contributed by atoms with Crippen molar-refractivity contribution in [3.63, 3.8) is 0 Å². The molecule has 4 rings (SSSR count). The molecule has 2 aromatic heterocycles. The molecule has 0 spiro atoms. The average Bonchev–Trinajstić information content (AvgIpc) is 2.74. The van der Waals surface area contributed by atoms with Crippen LogP contribution < -0.4 is 15.8 Å². The largest absolute Gasteiger partial charge is 0.339 e. The first kappa shape index (κ1) is 24.2. The minimum atomic E-state index is -0.0408. The summed E-state index contributed by atoms with van der Waals surface area (Å²) in [6.07, 6.45) is 3.42. The number of aromatic nitrogens is 3. The van der Waals surface area contributed by atoms with Crippen molar-refractivity contribution < 1.29 is 0 Å². The van der Waals surface area contributed by atoms with Crippen LogP contribution in [0.15, 0.2) is 59.7 Å². The predicted octanol–water partition coefficient (Wildman–Crippen LogP) is 3.97. The fraction of sp³-hybridized carbons (Fsp3) is 0.286. The highest BCUT2D eigenvalue weighted by Gasteiger charge is 2.24. The number of pyridine rings is 1. The van der Waals surface area contributed by atoms with E-state index in [1.165, 1.54) is 5.56 Å². The molecule has 0 radical (unpaired) electrons. The molecule has 1 aliphatic rings. The van der Waals surface area contributed by atoms with E-state index in [9.17, 15) is 4.79 Å². The lowest BCUT2D eigenvalue weighted by Crippen LogP contribution is -2.48. The smallest absolute Gasteiger partial charge is 0.255 e. The summed E-state index contributed by atoms with van der Waals surface area (Å²) in [5.74, 6) is 0.710. The zero-order chi connectivity index (χ0) is 19.5. The molecule has 0 amide bonds. The Hall–Kier alpha value is -2.12. The van der Waals surface area contributed by atoms with Crippen molar-refractivity contribution in [3.05, 3.63) is 75.8 Å². The van der Waals surface area contributed by atoms with Crippen LogP contribution in [0.2, 0.25) is 5.02 Å². The Labute approximate surface area is 193 Å². The topological polar surface area (TPSA) is 63.1 Å². The lowest BCUT2D eigenvalue weighted by atomic mass is 10.0. The van der Waals surface area contributed by atoms with E-state index in [0.717, 1.165) is 30.2 Å². The van der Waals surface area contributed by atoms with Crippen molar-refractivity contribution in [3.8, 4) is 11.3 Å². The number of benzene rings is 1. The maximum Gasteiger partial charge on any atom is 0.255 e. The molecule has 9 heteroatoms. The highest BCUT2D eigenvalue weighted by molar-refractivity contribution is 6.30. The molecular formula is C21H24Cl3N5O. The molecule has 1 saturated heterocycles. The molecule has 1 aliphatic heterocycles. The van der Waals surface area contributed by atoms with E-state index in [4.69, 9.17) is 16.6 Å². The third kappa shape index (κ3) is 5.13. The van der Waals surface area contributed by atoms with Crippen LogP contribution in [0.25, 0.3) is 11.3 Å². The van der Waals surface area contributed by atoms with Gasteiger partial charge in [0, 0.05) is 61.3 Å². The second kappa shape index (κ2) is 10.8. The van der Waals surface area contributed by atoms with Gasteiger partial charge in [-0.05, 0) is 36.8 Å². The molecule has 1 aromatic carbocycles. The molecule has 0 bridgehead atoms. The third-order valence-electron chi connectivity index (χ3n) is 5.01. The van der Waals surface area contributed by atoms with E-state index >= 15 is 0 Å². The van der Waals surface area contributed by atoms with Gasteiger partial charge in [-0.15, -0.1) is 24.8 Å². The normalized spacial score (nSPS) is 15.8. The maximum absolute atomic E-state index is 12.7. The van der Waals surface area contributed by atoms with Crippen LogP contribution in [0.1, 0.15) is 18.5 Å². The van der Waals surface area contributed by atoms with Crippen LogP contribution in [-0.4, -0.2) is 34.2 Å². The lowest BCUT2D eigenvalue weighted by molar-refractivity contribution is 0.459. The van der Waals surface area contributed by atoms with Gasteiger partial charge in [0.15, 0.2) is 0 Å². The average molecular weight is 469 g/mol. The van der Waals surface area contributed by atoms with Crippen molar-refractivity contribution in [1.29, 1.82) is 0 Å². The van der Waals surface area contributed by atoms with E-state index in [1.807, 2.05) is 43.3 Å². The number of hydrogen-bond acceptors (Lipinski definition) is 5. The van der Waals surface area contributed by atoms with Gasteiger partial charge in [-0.1, -0.05) is 23.7 Å². The van der Waals surface area contributed by atoms with E-state index in [1.54, 1.807) is 23.0 Å². The molecule has 0 unspecified atom stereocenters. The van der Waals surface area contributed by atoms with Crippen LogP contribution in [0.3, 0.4) is 0 Å². The van der Waals surface area contributed by atoms with E-state index in [-0.39, 0.29) is 36.4 Å². The molecule has 30 heavy (non-hydrogen) atoms. The van der Waals surface area contributed by atoms with Gasteiger partial charge in [0.05, 0.1) is 5.69 Å². The second-order valence-corrected chi connectivity index (χ2v) is 7.20. The summed E-state index contributed by atoms with van der Waals surface area (Å²) in [7, 11) is 0. The van der Waals surface area contributed by atoms with Crippen LogP contribution in [0.4, 0.5) is 5.95 Å². The Kier molecular flexibility index (Phi) is 8.67. The van der Waals surface area contributed by atoms with Crippen molar-refractivity contribution in [1.82, 2.24) is 19.9 Å². The molecule has 6 nitrogen and oxygen atoms in total. The molecule has 0 saturated carbocycles. The lowest BCUT2D eigenvalue weighted by Gasteiger charge is -2.35. The maximum atomic E-state index is 12.7. The van der Waals surface area contributed by atoms with E-state index < -0.39 is 0 Å². The Morgan fingerprint density at radius 1 is 1.13 bits per heavy atom. The zero-order valence-electron chi connectivity index (χ0n) is 16.5. The SMILES string of the molecule is CCn1c(N2CCN[C@@H](c3ccc(Cl)cc3)C2)nc(-c2ccncc2)cc1=O.Cl.Cl. The summed E-state index contributed by atoms with van der Waals surface area (Å²) in [6, 6.07) is 13.4. The summed E-state index contributed by atoms with van der Waals surface area (Å²) in [5.41, 5.74) is 2.69. The highest BCUT2D eigenvalue weighted by atomic mass is 35.5. The Morgan fingerprint density at radius 3 is 2.50 bits per heavy atom. The van der Waals surface area contributed by atoms with Gasteiger partial charge in [0.1, 0.15) is 0 Å². The van der Waals surface area contributed by atoms with Gasteiger partial charge >= 0.3 is 0 Å². The van der Waals surface area contributed by atoms with Crippen LogP contribution in [0, 0.1) is 0 Å². The Bertz CT molecular complexity index is 1010. The number of halogens is 3. The quantitative estimate of drug-likeness (QED) is 0.628. The molecule has 160 valence electrons. The number of nitrogens with one attached hydrogen (secondary N) is 1. The van der Waals surface area contributed by atoms with E-state index in [2.05, 4.69) is 15.2 Å². The minimum Gasteiger partial charge on any atom is -0.339 e. The first-order valence-electron chi connectivity index (χ1n) is 9.42. The Morgan fingerprint density at radius 2 is 1.83 bits per heavy atom. The second-order valence-electron chi connectivity index (χ2n) is 6.76. The summed E-state index contributed by atoms with van der Waals surface area (Å²) >= 11 is 6.02. The molecule has 1 atom stereocenters. The summed E-state index contributed by atoms with van der Waals surface area (Å²) in [5, 5.41) is 4.27. The Balaban J connectivity index is 0.00000160. The molecule has 1 N–H and O–H groups in total. The first-order valence-corrected chi connectivity index (χ1v) is 9.79. The van der Waals surface area contributed by atoms with Gasteiger partial charge in [-0.3, -0.25) is 14.3 Å². The third-order valence-corrected chi connectivity index (χ3v) is 5.26. The molecular weight excluding hydrogens is 445 g/mol. The van der Waals surface area contributed by atoms with Crippen molar-refractivity contribution in [2.24, 2.45) is 0 Å². The fourth-order valence-electron chi connectivity index (χ4n) is 3.55. The summed E-state index contributed by atoms with van der Waals surface area (Å²) < 4.78 is 1.73. The fourth-order valence-corrected chi connectivity index (χ4v) is 3.68. The zero-order valence-corrected chi connectivity index (χ0v) is 18.9. The standard InChI is InChI=1S/C21H22ClN5O.2ClH/c1-2-27-20(28)13-18(16-7-9-23-10-8-16)25-21(27)26-12-11-24-19(14-26)15-3-5-17(22)6-4-15;;/h3-10,13,19,24H,2,11-12,14H2,1H3;2*1H/t19-;;/m1../s1. The van der Waals surface area contributed by atoms with Crippen LogP contribution in [-0.2, 0) is 6.54 Å². The molecule has 1 fully saturated rings. The summed E-state index contributed by atoms with van der Waals surface area (Å²) in [4.78, 5) is 23.8. The van der Waals surface area contributed by atoms with Crippen molar-refractivity contribution in [2.75, 3.05) is 24.5 Å². The monoisotopic (exact) mass is 467 g/mol. The predicted molar refractivity (Wildman–Crippen MR) is 126 cm³/mol. The number of nitrogens with zero attached hydrogens (tertiary/aromatic N) is 4. The van der Waals surface area contributed by atoms with Gasteiger partial charge in [-0.25, -0.2) is 4.98 Å². The number of hydrogen-bond donors (Lipinski definition) is 1. The van der Waals surface area contributed by atoms with E-state index in [0.29, 0.717) is 18.2 Å². The summed E-state index contributed by atoms with van der Waals surface area (Å²) in [6.45, 7) is 4.88. The van der Waals surface area contributed by atoms with Crippen LogP contribution in [0.5, 0.6) is 0 Å². The minimum absolute atomic E-state index is 0. The molecule has 3 heterocycles. The van der Waals surface area contributed by atoms with Gasteiger partial charge in [0.2, 0.25) is 5.95 Å².